The molecule has 0 aliphatic carbocycles. The van der Waals surface area contributed by atoms with Crippen LogP contribution in [-0.2, 0) is 0 Å². The lowest BCUT2D eigenvalue weighted by molar-refractivity contribution is 0.102. The molecule has 0 saturated carbocycles. The molecular formula is C19H13BrClNOS. The van der Waals surface area contributed by atoms with Gasteiger partial charge in [-0.25, -0.2) is 0 Å². The third-order valence-electron chi connectivity index (χ3n) is 3.28. The summed E-state index contributed by atoms with van der Waals surface area (Å²) in [6.45, 7) is 0. The Kier molecular flexibility index (Phi) is 5.61. The second kappa shape index (κ2) is 7.88. The number of benzene rings is 3. The van der Waals surface area contributed by atoms with Gasteiger partial charge in [-0.1, -0.05) is 51.4 Å². The normalized spacial score (nSPS) is 10.4. The van der Waals surface area contributed by atoms with Crippen LogP contribution in [0.1, 0.15) is 10.4 Å². The fourth-order valence-electron chi connectivity index (χ4n) is 2.09. The van der Waals surface area contributed by atoms with Crippen LogP contribution in [0, 0.1) is 0 Å². The molecule has 0 bridgehead atoms. The maximum Gasteiger partial charge on any atom is 0.257 e. The van der Waals surface area contributed by atoms with E-state index < -0.39 is 0 Å². The maximum absolute atomic E-state index is 12.2. The summed E-state index contributed by atoms with van der Waals surface area (Å²) in [5.74, 6) is -0.214. The number of hydrogen-bond acceptors (Lipinski definition) is 2. The molecule has 3 aromatic carbocycles. The van der Waals surface area contributed by atoms with E-state index in [1.54, 1.807) is 36.0 Å². The van der Waals surface area contributed by atoms with Gasteiger partial charge in [0.25, 0.3) is 5.91 Å². The van der Waals surface area contributed by atoms with Gasteiger partial charge in [0.15, 0.2) is 0 Å². The van der Waals surface area contributed by atoms with Crippen LogP contribution in [0.2, 0.25) is 5.02 Å². The van der Waals surface area contributed by atoms with Crippen LogP contribution in [0.25, 0.3) is 0 Å². The van der Waals surface area contributed by atoms with Gasteiger partial charge in [0.1, 0.15) is 0 Å². The minimum absolute atomic E-state index is 0.214. The minimum atomic E-state index is -0.214. The van der Waals surface area contributed by atoms with Gasteiger partial charge in [-0.2, -0.15) is 0 Å². The Bertz CT molecular complexity index is 850. The number of anilines is 1. The first-order valence-electron chi connectivity index (χ1n) is 7.21. The summed E-state index contributed by atoms with van der Waals surface area (Å²) < 4.78 is 1.06. The van der Waals surface area contributed by atoms with Crippen molar-refractivity contribution in [3.8, 4) is 0 Å². The van der Waals surface area contributed by atoms with Crippen LogP contribution in [0.4, 0.5) is 5.69 Å². The maximum atomic E-state index is 12.2. The average Bonchev–Trinajstić information content (AvgIpc) is 2.59. The molecule has 24 heavy (non-hydrogen) atoms. The number of amides is 1. The predicted octanol–water partition coefficient (Wildman–Crippen LogP) is 6.51. The fourth-order valence-corrected chi connectivity index (χ4v) is 3.39. The van der Waals surface area contributed by atoms with Crippen LogP contribution in [0.3, 0.4) is 0 Å². The molecule has 1 amide bonds. The molecule has 0 radical (unpaired) electrons. The highest BCUT2D eigenvalue weighted by Crippen LogP contribution is 2.29. The smallest absolute Gasteiger partial charge is 0.257 e. The molecule has 120 valence electrons. The van der Waals surface area contributed by atoms with Gasteiger partial charge in [-0.3, -0.25) is 4.79 Å². The van der Waals surface area contributed by atoms with Crippen molar-refractivity contribution in [2.24, 2.45) is 0 Å². The number of hydrogen-bond donors (Lipinski definition) is 1. The van der Waals surface area contributed by atoms with E-state index in [0.29, 0.717) is 10.6 Å². The van der Waals surface area contributed by atoms with Gasteiger partial charge in [0.05, 0.1) is 10.6 Å². The number of carbonyl (C=O) groups is 1. The molecule has 0 aromatic heterocycles. The van der Waals surface area contributed by atoms with Gasteiger partial charge in [0, 0.05) is 20.0 Å². The summed E-state index contributed by atoms with van der Waals surface area (Å²) in [7, 11) is 0. The number of nitrogens with one attached hydrogen (secondary N) is 1. The summed E-state index contributed by atoms with van der Waals surface area (Å²) in [4.78, 5) is 14.5. The van der Waals surface area contributed by atoms with E-state index in [1.165, 1.54) is 0 Å². The van der Waals surface area contributed by atoms with Crippen LogP contribution >= 0.6 is 39.3 Å². The van der Waals surface area contributed by atoms with Crippen LogP contribution in [0.15, 0.2) is 87.1 Å². The Morgan fingerprint density at radius 1 is 0.875 bits per heavy atom. The second-order valence-corrected chi connectivity index (χ2v) is 7.48. The largest absolute Gasteiger partial charge is 0.322 e. The van der Waals surface area contributed by atoms with E-state index in [0.717, 1.165) is 20.0 Å². The van der Waals surface area contributed by atoms with Gasteiger partial charge in [-0.15, -0.1) is 0 Å². The van der Waals surface area contributed by atoms with Gasteiger partial charge < -0.3 is 5.32 Å². The third kappa shape index (κ3) is 4.41. The van der Waals surface area contributed by atoms with Crippen LogP contribution < -0.4 is 5.32 Å². The van der Waals surface area contributed by atoms with Crippen molar-refractivity contribution in [3.63, 3.8) is 0 Å². The van der Waals surface area contributed by atoms with Gasteiger partial charge in [-0.05, 0) is 60.7 Å². The topological polar surface area (TPSA) is 29.1 Å². The van der Waals surface area contributed by atoms with Crippen molar-refractivity contribution >= 4 is 50.9 Å². The lowest BCUT2D eigenvalue weighted by Gasteiger charge is -2.08. The number of carbonyl (C=O) groups excluding carboxylic acids is 1. The Morgan fingerprint density at radius 2 is 1.46 bits per heavy atom. The summed E-state index contributed by atoms with van der Waals surface area (Å²) >= 11 is 11.1. The molecule has 0 heterocycles. The molecule has 0 unspecified atom stereocenters. The van der Waals surface area contributed by atoms with Crippen molar-refractivity contribution < 1.29 is 4.79 Å². The second-order valence-electron chi connectivity index (χ2n) is 5.01. The summed E-state index contributed by atoms with van der Waals surface area (Å²) in [5, 5.41) is 3.30. The lowest BCUT2D eigenvalue weighted by atomic mass is 10.2. The van der Waals surface area contributed by atoms with Crippen molar-refractivity contribution in [1.29, 1.82) is 0 Å². The van der Waals surface area contributed by atoms with E-state index in [2.05, 4.69) is 33.4 Å². The fraction of sp³-hybridized carbons (Fsp3) is 0. The van der Waals surface area contributed by atoms with E-state index in [-0.39, 0.29) is 5.91 Å². The quantitative estimate of drug-likeness (QED) is 0.523. The average molecular weight is 419 g/mol. The van der Waals surface area contributed by atoms with Crippen molar-refractivity contribution in [3.05, 3.63) is 87.9 Å². The number of rotatable bonds is 4. The standard InChI is InChI=1S/C19H13BrClNOS/c20-13-5-9-15(10-6-13)24-16-11-7-14(8-12-16)22-19(23)17-3-1-2-4-18(17)21/h1-12H,(H,22,23). The summed E-state index contributed by atoms with van der Waals surface area (Å²) in [5.41, 5.74) is 1.20. The zero-order chi connectivity index (χ0) is 16.9. The molecule has 5 heteroatoms. The third-order valence-corrected chi connectivity index (χ3v) is 5.15. The first-order chi connectivity index (χ1) is 11.6. The molecule has 0 saturated heterocycles. The molecule has 0 spiro atoms. The zero-order valence-corrected chi connectivity index (χ0v) is 15.7. The van der Waals surface area contributed by atoms with E-state index >= 15 is 0 Å². The highest BCUT2D eigenvalue weighted by atomic mass is 79.9. The monoisotopic (exact) mass is 417 g/mol. The van der Waals surface area contributed by atoms with Gasteiger partial charge >= 0.3 is 0 Å². The summed E-state index contributed by atoms with van der Waals surface area (Å²) in [6.07, 6.45) is 0. The molecule has 0 fully saturated rings. The molecule has 3 aromatic rings. The first-order valence-corrected chi connectivity index (χ1v) is 9.20. The van der Waals surface area contributed by atoms with E-state index in [4.69, 9.17) is 11.6 Å². The van der Waals surface area contributed by atoms with Gasteiger partial charge in [0.2, 0.25) is 0 Å². The molecule has 0 aliphatic heterocycles. The van der Waals surface area contributed by atoms with Crippen molar-refractivity contribution in [1.82, 2.24) is 0 Å². The minimum Gasteiger partial charge on any atom is -0.322 e. The first kappa shape index (κ1) is 17.1. The Balaban J connectivity index is 1.67. The Hall–Kier alpha value is -1.75. The van der Waals surface area contributed by atoms with Crippen molar-refractivity contribution in [2.45, 2.75) is 9.79 Å². The highest BCUT2D eigenvalue weighted by molar-refractivity contribution is 9.10. The molecule has 2 nitrogen and oxygen atoms in total. The Labute approximate surface area is 158 Å². The van der Waals surface area contributed by atoms with Crippen LogP contribution in [-0.4, -0.2) is 5.91 Å². The molecule has 0 atom stereocenters. The van der Waals surface area contributed by atoms with E-state index in [1.807, 2.05) is 36.4 Å². The Morgan fingerprint density at radius 3 is 2.08 bits per heavy atom. The molecule has 0 aliphatic rings. The lowest BCUT2D eigenvalue weighted by Crippen LogP contribution is -2.12. The summed E-state index contributed by atoms with van der Waals surface area (Å²) in [6, 6.07) is 22.9. The van der Waals surface area contributed by atoms with E-state index in [9.17, 15) is 4.79 Å². The van der Waals surface area contributed by atoms with Crippen molar-refractivity contribution in [2.75, 3.05) is 5.32 Å². The molecule has 3 rings (SSSR count). The highest BCUT2D eigenvalue weighted by Gasteiger charge is 2.09. The zero-order valence-electron chi connectivity index (χ0n) is 12.5. The SMILES string of the molecule is O=C(Nc1ccc(Sc2ccc(Br)cc2)cc1)c1ccccc1Cl. The molecule has 1 N–H and O–H groups in total. The number of halogens is 2. The predicted molar refractivity (Wildman–Crippen MR) is 104 cm³/mol. The molecular weight excluding hydrogens is 406 g/mol. The van der Waals surface area contributed by atoms with Crippen LogP contribution in [0.5, 0.6) is 0 Å².